The van der Waals surface area contributed by atoms with E-state index in [4.69, 9.17) is 26.8 Å². The number of hydrogen-bond donors (Lipinski definition) is 3. The Morgan fingerprint density at radius 3 is 2.80 bits per heavy atom. The van der Waals surface area contributed by atoms with Gasteiger partial charge in [0.15, 0.2) is 5.79 Å². The zero-order valence-corrected chi connectivity index (χ0v) is 12.0. The number of nitrogens with zero attached hydrogens (tertiary/aromatic N) is 2. The largest absolute Gasteiger partial charge is 0.390 e. The molecule has 1 saturated carbocycles. The van der Waals surface area contributed by atoms with E-state index in [-0.39, 0.29) is 29.4 Å². The number of hydrogen-bond acceptors (Lipinski definition) is 7. The summed E-state index contributed by atoms with van der Waals surface area (Å²) in [7, 11) is 0. The van der Waals surface area contributed by atoms with Gasteiger partial charge in [-0.25, -0.2) is 4.98 Å². The quantitative estimate of drug-likeness (QED) is 0.693. The zero-order chi connectivity index (χ0) is 14.5. The third kappa shape index (κ3) is 2.54. The molecule has 4 atom stereocenters. The number of rotatable bonds is 2. The van der Waals surface area contributed by atoms with Gasteiger partial charge < -0.3 is 25.6 Å². The summed E-state index contributed by atoms with van der Waals surface area (Å²) in [5.74, 6) is -0.0911. The van der Waals surface area contributed by atoms with E-state index < -0.39 is 11.9 Å². The highest BCUT2D eigenvalue weighted by atomic mass is 35.5. The Balaban J connectivity index is 1.78. The predicted molar refractivity (Wildman–Crippen MR) is 73.3 cm³/mol. The second kappa shape index (κ2) is 4.70. The molecule has 7 nitrogen and oxygen atoms in total. The van der Waals surface area contributed by atoms with Gasteiger partial charge >= 0.3 is 0 Å². The molecule has 1 saturated heterocycles. The highest BCUT2D eigenvalue weighted by Gasteiger charge is 2.53. The zero-order valence-electron chi connectivity index (χ0n) is 11.2. The maximum absolute atomic E-state index is 10.1. The van der Waals surface area contributed by atoms with E-state index in [1.807, 2.05) is 13.8 Å². The molecule has 3 rings (SSSR count). The highest BCUT2D eigenvalue weighted by Crippen LogP contribution is 2.39. The van der Waals surface area contributed by atoms with Gasteiger partial charge in [-0.05, 0) is 20.3 Å². The number of anilines is 2. The number of nitrogen functional groups attached to an aromatic ring is 1. The predicted octanol–water partition coefficient (Wildman–Crippen LogP) is 0.777. The van der Waals surface area contributed by atoms with Crippen molar-refractivity contribution in [2.45, 2.75) is 50.4 Å². The van der Waals surface area contributed by atoms with E-state index in [1.165, 1.54) is 0 Å². The van der Waals surface area contributed by atoms with Crippen LogP contribution in [0.1, 0.15) is 20.3 Å². The molecule has 4 N–H and O–H groups in total. The fourth-order valence-corrected chi connectivity index (χ4v) is 2.98. The molecule has 0 spiro atoms. The summed E-state index contributed by atoms with van der Waals surface area (Å²) >= 11 is 5.84. The van der Waals surface area contributed by atoms with E-state index in [0.717, 1.165) is 0 Å². The lowest BCUT2D eigenvalue weighted by molar-refractivity contribution is -0.162. The van der Waals surface area contributed by atoms with E-state index >= 15 is 0 Å². The normalized spacial score (nSPS) is 35.0. The van der Waals surface area contributed by atoms with E-state index in [2.05, 4.69) is 15.3 Å². The van der Waals surface area contributed by atoms with E-state index in [0.29, 0.717) is 12.2 Å². The maximum Gasteiger partial charge on any atom is 0.223 e. The number of fused-ring (bicyclic) bond motifs is 1. The van der Waals surface area contributed by atoms with Gasteiger partial charge in [-0.15, -0.1) is 0 Å². The van der Waals surface area contributed by atoms with Crippen LogP contribution >= 0.6 is 11.6 Å². The molecule has 0 amide bonds. The molecule has 0 bridgehead atoms. The summed E-state index contributed by atoms with van der Waals surface area (Å²) in [6, 6.07) is 1.46. The van der Waals surface area contributed by atoms with Gasteiger partial charge in [-0.3, -0.25) is 0 Å². The smallest absolute Gasteiger partial charge is 0.223 e. The lowest BCUT2D eigenvalue weighted by Gasteiger charge is -2.23. The highest BCUT2D eigenvalue weighted by molar-refractivity contribution is 6.29. The van der Waals surface area contributed by atoms with Crippen molar-refractivity contribution in [1.29, 1.82) is 0 Å². The van der Waals surface area contributed by atoms with Gasteiger partial charge in [-0.1, -0.05) is 11.6 Å². The molecule has 0 radical (unpaired) electrons. The molecule has 8 heteroatoms. The Morgan fingerprint density at radius 2 is 2.10 bits per heavy atom. The number of aromatic nitrogens is 2. The molecular formula is C12H17ClN4O3. The minimum atomic E-state index is -0.695. The summed E-state index contributed by atoms with van der Waals surface area (Å²) in [5.41, 5.74) is 5.56. The molecular weight excluding hydrogens is 284 g/mol. The maximum atomic E-state index is 10.1. The van der Waals surface area contributed by atoms with Crippen LogP contribution in [-0.4, -0.2) is 45.2 Å². The third-order valence-electron chi connectivity index (χ3n) is 3.48. The molecule has 0 aromatic carbocycles. The average Bonchev–Trinajstić information content (AvgIpc) is 2.74. The van der Waals surface area contributed by atoms with Crippen LogP contribution < -0.4 is 11.1 Å². The molecule has 0 unspecified atom stereocenters. The summed E-state index contributed by atoms with van der Waals surface area (Å²) in [5, 5.41) is 13.5. The molecule has 1 aliphatic carbocycles. The van der Waals surface area contributed by atoms with Gasteiger partial charge in [0.2, 0.25) is 5.95 Å². The van der Waals surface area contributed by atoms with Crippen LogP contribution in [-0.2, 0) is 9.47 Å². The van der Waals surface area contributed by atoms with Gasteiger partial charge in [-0.2, -0.15) is 4.98 Å². The number of aliphatic hydroxyl groups excluding tert-OH is 1. The Hall–Kier alpha value is -1.15. The third-order valence-corrected chi connectivity index (χ3v) is 3.67. The molecule has 2 aliphatic rings. The summed E-state index contributed by atoms with van der Waals surface area (Å²) in [4.78, 5) is 7.87. The van der Waals surface area contributed by atoms with Gasteiger partial charge in [0.1, 0.15) is 23.2 Å². The fraction of sp³-hybridized carbons (Fsp3) is 0.667. The molecule has 1 aliphatic heterocycles. The Kier molecular flexibility index (Phi) is 3.24. The van der Waals surface area contributed by atoms with Crippen LogP contribution in [0, 0.1) is 0 Å². The first-order valence-corrected chi connectivity index (χ1v) is 6.82. The fourth-order valence-electron chi connectivity index (χ4n) is 2.79. The van der Waals surface area contributed by atoms with Crippen LogP contribution in [0.5, 0.6) is 0 Å². The first kappa shape index (κ1) is 13.8. The van der Waals surface area contributed by atoms with E-state index in [9.17, 15) is 5.11 Å². The Labute approximate surface area is 121 Å². The topological polar surface area (TPSA) is 103 Å². The molecule has 1 aromatic rings. The van der Waals surface area contributed by atoms with Crippen LogP contribution in [0.4, 0.5) is 11.8 Å². The van der Waals surface area contributed by atoms with Crippen molar-refractivity contribution in [3.63, 3.8) is 0 Å². The number of nitrogens with two attached hydrogens (primary N) is 1. The Bertz CT molecular complexity index is 507. The monoisotopic (exact) mass is 300 g/mol. The molecule has 110 valence electrons. The minimum absolute atomic E-state index is 0.0963. The SMILES string of the molecule is CC1(C)O[C@@H]2[C@H](O1)[C@@H](O)C[C@H]2Nc1cc(Cl)nc(N)n1. The molecule has 2 heterocycles. The number of nitrogens with one attached hydrogen (secondary N) is 1. The second-order valence-corrected chi connectivity index (χ2v) is 5.94. The lowest BCUT2D eigenvalue weighted by Crippen LogP contribution is -2.34. The Morgan fingerprint density at radius 1 is 1.40 bits per heavy atom. The van der Waals surface area contributed by atoms with Crippen molar-refractivity contribution in [3.05, 3.63) is 11.2 Å². The van der Waals surface area contributed by atoms with Crippen molar-refractivity contribution < 1.29 is 14.6 Å². The van der Waals surface area contributed by atoms with Crippen molar-refractivity contribution >= 4 is 23.4 Å². The number of ether oxygens (including phenoxy) is 2. The van der Waals surface area contributed by atoms with Gasteiger partial charge in [0.25, 0.3) is 0 Å². The first-order chi connectivity index (χ1) is 9.34. The summed E-state index contributed by atoms with van der Waals surface area (Å²) in [6.07, 6.45) is -0.645. The molecule has 20 heavy (non-hydrogen) atoms. The first-order valence-electron chi connectivity index (χ1n) is 6.44. The van der Waals surface area contributed by atoms with Crippen LogP contribution in [0.25, 0.3) is 0 Å². The van der Waals surface area contributed by atoms with Crippen LogP contribution in [0.2, 0.25) is 5.15 Å². The summed E-state index contributed by atoms with van der Waals surface area (Å²) < 4.78 is 11.5. The average molecular weight is 301 g/mol. The minimum Gasteiger partial charge on any atom is -0.390 e. The van der Waals surface area contributed by atoms with Crippen molar-refractivity contribution in [1.82, 2.24) is 9.97 Å². The molecule has 2 fully saturated rings. The van der Waals surface area contributed by atoms with Crippen molar-refractivity contribution in [2.24, 2.45) is 0 Å². The number of aliphatic hydroxyl groups is 1. The van der Waals surface area contributed by atoms with Gasteiger partial charge in [0, 0.05) is 6.07 Å². The van der Waals surface area contributed by atoms with Crippen molar-refractivity contribution in [2.75, 3.05) is 11.1 Å². The lowest BCUT2D eigenvalue weighted by atomic mass is 10.2. The second-order valence-electron chi connectivity index (χ2n) is 5.55. The van der Waals surface area contributed by atoms with E-state index in [1.54, 1.807) is 6.07 Å². The summed E-state index contributed by atoms with van der Waals surface area (Å²) in [6.45, 7) is 3.66. The number of halogens is 1. The molecule has 1 aromatic heterocycles. The van der Waals surface area contributed by atoms with Crippen LogP contribution in [0.15, 0.2) is 6.07 Å². The van der Waals surface area contributed by atoms with Gasteiger partial charge in [0.05, 0.1) is 12.1 Å². The van der Waals surface area contributed by atoms with Crippen molar-refractivity contribution in [3.8, 4) is 0 Å². The standard InChI is InChI=1S/C12H17ClN4O3/c1-12(2)19-9-5(3-6(18)10(9)20-12)15-8-4-7(13)16-11(14)17-8/h4-6,9-10,18H,3H2,1-2H3,(H3,14,15,16,17)/t5-,6+,9+,10-/m1/s1. The van der Waals surface area contributed by atoms with Crippen LogP contribution in [0.3, 0.4) is 0 Å².